The van der Waals surface area contributed by atoms with Crippen LogP contribution in [0.15, 0.2) is 64.3 Å². The first-order chi connectivity index (χ1) is 15.9. The van der Waals surface area contributed by atoms with Gasteiger partial charge in [-0.3, -0.25) is 22.9 Å². The van der Waals surface area contributed by atoms with E-state index in [0.717, 1.165) is 21.7 Å². The van der Waals surface area contributed by atoms with Gasteiger partial charge in [-0.2, -0.15) is 4.98 Å². The van der Waals surface area contributed by atoms with Crippen molar-refractivity contribution in [1.82, 2.24) is 23.1 Å². The van der Waals surface area contributed by atoms with E-state index in [2.05, 4.69) is 4.98 Å². The van der Waals surface area contributed by atoms with Crippen LogP contribution in [0.4, 0.5) is 4.39 Å². The van der Waals surface area contributed by atoms with Gasteiger partial charge < -0.3 is 4.74 Å². The largest absolute Gasteiger partial charge is 0.494 e. The van der Waals surface area contributed by atoms with E-state index in [-0.39, 0.29) is 23.3 Å². The van der Waals surface area contributed by atoms with Crippen LogP contribution in [-0.4, -0.2) is 29.7 Å². The number of hydrogen-bond donors (Lipinski definition) is 0. The van der Waals surface area contributed by atoms with Crippen LogP contribution < -0.4 is 16.0 Å². The lowest BCUT2D eigenvalue weighted by molar-refractivity contribution is 0.340. The minimum absolute atomic E-state index is 0.167. The van der Waals surface area contributed by atoms with Crippen molar-refractivity contribution in [2.75, 3.05) is 6.61 Å². The molecule has 33 heavy (non-hydrogen) atoms. The zero-order chi connectivity index (χ0) is 23.3. The molecule has 0 aliphatic rings. The molecule has 0 saturated heterocycles. The molecule has 0 aliphatic heterocycles. The predicted octanol–water partition coefficient (Wildman–Crippen LogP) is 3.03. The molecule has 168 valence electrons. The maximum atomic E-state index is 14.2. The van der Waals surface area contributed by atoms with E-state index < -0.39 is 17.1 Å². The average molecular weight is 447 g/mol. The highest BCUT2D eigenvalue weighted by molar-refractivity contribution is 5.76. The molecule has 2 aromatic carbocycles. The van der Waals surface area contributed by atoms with E-state index in [1.54, 1.807) is 35.8 Å². The van der Waals surface area contributed by atoms with Gasteiger partial charge in [0, 0.05) is 30.2 Å². The van der Waals surface area contributed by atoms with Crippen molar-refractivity contribution in [3.8, 4) is 11.4 Å². The normalized spacial score (nSPS) is 11.5. The number of fused-ring (bicyclic) bond motifs is 3. The van der Waals surface area contributed by atoms with Gasteiger partial charge in [-0.15, -0.1) is 0 Å². The van der Waals surface area contributed by atoms with E-state index >= 15 is 0 Å². The number of aryl methyl sites for hydroxylation is 2. The molecule has 8 nitrogen and oxygen atoms in total. The number of hydrogen-bond acceptors (Lipinski definition) is 4. The lowest BCUT2D eigenvalue weighted by Gasteiger charge is -2.09. The molecule has 5 rings (SSSR count). The number of ether oxygens (including phenoxy) is 1. The molecule has 0 amide bonds. The predicted molar refractivity (Wildman–Crippen MR) is 123 cm³/mol. The topological polar surface area (TPSA) is 75.5 Å². The molecule has 0 bridgehead atoms. The fraction of sp³-hybridized carbons (Fsp3) is 0.208. The maximum absolute atomic E-state index is 14.2. The molecule has 0 fully saturated rings. The fourth-order valence-corrected chi connectivity index (χ4v) is 4.12. The molecule has 0 N–H and O–H groups in total. The summed E-state index contributed by atoms with van der Waals surface area (Å²) in [5.41, 5.74) is 1.42. The molecule has 0 aliphatic carbocycles. The number of aromatic nitrogens is 5. The second kappa shape index (κ2) is 7.77. The first kappa shape index (κ1) is 20.7. The Morgan fingerprint density at radius 1 is 1.06 bits per heavy atom. The van der Waals surface area contributed by atoms with E-state index in [1.807, 2.05) is 42.7 Å². The molecule has 3 aromatic heterocycles. The van der Waals surface area contributed by atoms with Gasteiger partial charge in [0.15, 0.2) is 11.2 Å². The fourth-order valence-electron chi connectivity index (χ4n) is 4.12. The van der Waals surface area contributed by atoms with E-state index in [0.29, 0.717) is 12.4 Å². The van der Waals surface area contributed by atoms with Crippen molar-refractivity contribution in [3.63, 3.8) is 0 Å². The molecule has 9 heteroatoms. The number of imidazole rings is 2. The molecule has 0 saturated carbocycles. The van der Waals surface area contributed by atoms with E-state index in [9.17, 15) is 14.0 Å². The van der Waals surface area contributed by atoms with Crippen molar-refractivity contribution < 1.29 is 9.13 Å². The van der Waals surface area contributed by atoms with Gasteiger partial charge >= 0.3 is 5.69 Å². The van der Waals surface area contributed by atoms with Crippen LogP contribution in [0.25, 0.3) is 22.6 Å². The summed E-state index contributed by atoms with van der Waals surface area (Å²) in [6.45, 7) is 4.24. The monoisotopic (exact) mass is 447 g/mol. The van der Waals surface area contributed by atoms with Crippen molar-refractivity contribution in [2.45, 2.75) is 20.4 Å². The number of halogens is 1. The smallest absolute Gasteiger partial charge is 0.332 e. The van der Waals surface area contributed by atoms with Gasteiger partial charge in [0.1, 0.15) is 11.6 Å². The Bertz CT molecular complexity index is 1620. The Labute approximate surface area is 187 Å². The highest BCUT2D eigenvalue weighted by atomic mass is 19.1. The third-order valence-corrected chi connectivity index (χ3v) is 5.72. The third-order valence-electron chi connectivity index (χ3n) is 5.72. The Morgan fingerprint density at radius 3 is 2.48 bits per heavy atom. The van der Waals surface area contributed by atoms with Crippen LogP contribution in [0, 0.1) is 12.7 Å². The zero-order valence-electron chi connectivity index (χ0n) is 18.4. The molecule has 0 unspecified atom stereocenters. The Kier molecular flexibility index (Phi) is 4.88. The summed E-state index contributed by atoms with van der Waals surface area (Å²) in [4.78, 5) is 31.0. The summed E-state index contributed by atoms with van der Waals surface area (Å²) in [6.07, 6.45) is 1.81. The number of nitrogens with zero attached hydrogens (tertiary/aromatic N) is 5. The quantitative estimate of drug-likeness (QED) is 0.415. The second-order valence-electron chi connectivity index (χ2n) is 7.81. The van der Waals surface area contributed by atoms with Crippen LogP contribution in [0.1, 0.15) is 18.2 Å². The van der Waals surface area contributed by atoms with Gasteiger partial charge in [0.25, 0.3) is 5.56 Å². The summed E-state index contributed by atoms with van der Waals surface area (Å²) in [5.74, 6) is 0.791. The first-order valence-electron chi connectivity index (χ1n) is 10.6. The summed E-state index contributed by atoms with van der Waals surface area (Å²) in [6, 6.07) is 13.7. The Balaban J connectivity index is 1.73. The summed E-state index contributed by atoms with van der Waals surface area (Å²) in [5, 5.41) is 0. The van der Waals surface area contributed by atoms with Gasteiger partial charge in [-0.1, -0.05) is 18.2 Å². The molecular weight excluding hydrogens is 425 g/mol. The van der Waals surface area contributed by atoms with Crippen LogP contribution >= 0.6 is 0 Å². The van der Waals surface area contributed by atoms with E-state index in [1.165, 1.54) is 10.6 Å². The Hall–Kier alpha value is -4.14. The molecule has 3 heterocycles. The summed E-state index contributed by atoms with van der Waals surface area (Å²) in [7, 11) is 1.56. The molecule has 0 spiro atoms. The number of benzene rings is 2. The van der Waals surface area contributed by atoms with Gasteiger partial charge in [0.2, 0.25) is 5.78 Å². The second-order valence-corrected chi connectivity index (χ2v) is 7.81. The average Bonchev–Trinajstić information content (AvgIpc) is 3.32. The summed E-state index contributed by atoms with van der Waals surface area (Å²) < 4.78 is 25.7. The number of rotatable bonds is 5. The van der Waals surface area contributed by atoms with Gasteiger partial charge in [-0.25, -0.2) is 9.18 Å². The van der Waals surface area contributed by atoms with Crippen molar-refractivity contribution in [2.24, 2.45) is 7.05 Å². The zero-order valence-corrected chi connectivity index (χ0v) is 18.4. The lowest BCUT2D eigenvalue weighted by atomic mass is 10.2. The standard InChI is InChI=1S/C24H22FN5O3/c1-4-33-18-11-9-17(10-12-18)30-15(2)13-28-20-21(26-23(28)30)27(3)24(32)29(22(20)31)14-16-7-5-6-8-19(16)25/h5-13H,4,14H2,1-3H3. The molecule has 0 atom stereocenters. The van der Waals surface area contributed by atoms with Crippen molar-refractivity contribution in [1.29, 1.82) is 0 Å². The van der Waals surface area contributed by atoms with E-state index in [4.69, 9.17) is 4.74 Å². The Morgan fingerprint density at radius 2 is 1.79 bits per heavy atom. The van der Waals surface area contributed by atoms with Crippen LogP contribution in [0.3, 0.4) is 0 Å². The minimum atomic E-state index is -0.555. The van der Waals surface area contributed by atoms with Crippen LogP contribution in [0.2, 0.25) is 0 Å². The maximum Gasteiger partial charge on any atom is 0.332 e. The lowest BCUT2D eigenvalue weighted by Crippen LogP contribution is -2.39. The molecule has 0 radical (unpaired) electrons. The highest BCUT2D eigenvalue weighted by Crippen LogP contribution is 2.23. The first-order valence-corrected chi connectivity index (χ1v) is 10.6. The molecule has 5 aromatic rings. The van der Waals surface area contributed by atoms with Crippen LogP contribution in [-0.2, 0) is 13.6 Å². The highest BCUT2D eigenvalue weighted by Gasteiger charge is 2.21. The summed E-state index contributed by atoms with van der Waals surface area (Å²) >= 11 is 0. The SMILES string of the molecule is CCOc1ccc(-n2c(C)cn3c4c(=O)n(Cc5ccccc5F)c(=O)n(C)c4nc23)cc1. The van der Waals surface area contributed by atoms with Crippen molar-refractivity contribution >= 4 is 16.9 Å². The van der Waals surface area contributed by atoms with Gasteiger partial charge in [0.05, 0.1) is 13.2 Å². The third kappa shape index (κ3) is 3.24. The molecular formula is C24H22FN5O3. The minimum Gasteiger partial charge on any atom is -0.494 e. The van der Waals surface area contributed by atoms with Crippen LogP contribution in [0.5, 0.6) is 5.75 Å². The van der Waals surface area contributed by atoms with Gasteiger partial charge in [-0.05, 0) is 44.2 Å². The van der Waals surface area contributed by atoms with Crippen molar-refractivity contribution in [3.05, 3.63) is 92.6 Å².